The van der Waals surface area contributed by atoms with Crippen molar-refractivity contribution in [3.63, 3.8) is 0 Å². The highest BCUT2D eigenvalue weighted by Crippen LogP contribution is 2.31. The van der Waals surface area contributed by atoms with Crippen molar-refractivity contribution in [1.82, 2.24) is 10.1 Å². The van der Waals surface area contributed by atoms with E-state index in [-0.39, 0.29) is 5.91 Å². The largest absolute Gasteiger partial charge is 0.360 e. The van der Waals surface area contributed by atoms with Gasteiger partial charge in [-0.15, -0.1) is 0 Å². The number of aryl methyl sites for hydroxylation is 1. The molecular weight excluding hydrogens is 351 g/mol. The molecule has 0 spiro atoms. The number of amides is 1. The van der Waals surface area contributed by atoms with Crippen LogP contribution in [0.4, 0.5) is 17.3 Å². The molecule has 6 nitrogen and oxygen atoms in total. The predicted molar refractivity (Wildman–Crippen MR) is 93.2 cm³/mol. The zero-order chi connectivity index (χ0) is 17.1. The number of para-hydroxylation sites is 1. The van der Waals surface area contributed by atoms with Crippen LogP contribution < -0.4 is 10.6 Å². The minimum absolute atomic E-state index is 0.335. The van der Waals surface area contributed by atoms with Crippen molar-refractivity contribution in [3.8, 4) is 0 Å². The third-order valence-corrected chi connectivity index (χ3v) is 3.74. The molecule has 3 aromatic rings. The van der Waals surface area contributed by atoms with Crippen molar-refractivity contribution in [1.29, 1.82) is 0 Å². The fourth-order valence-electron chi connectivity index (χ4n) is 1.96. The van der Waals surface area contributed by atoms with E-state index in [1.807, 2.05) is 0 Å². The zero-order valence-corrected chi connectivity index (χ0v) is 14.0. The van der Waals surface area contributed by atoms with Gasteiger partial charge in [0.05, 0.1) is 21.3 Å². The highest BCUT2D eigenvalue weighted by atomic mass is 35.5. The molecule has 0 atom stereocenters. The maximum atomic E-state index is 12.1. The summed E-state index contributed by atoms with van der Waals surface area (Å²) in [5.74, 6) is 1.14. The summed E-state index contributed by atoms with van der Waals surface area (Å²) in [6.45, 7) is 1.74. The standard InChI is InChI=1S/C16H12Cl2N4O2/c1-9-7-14(22-24-9)21-16(23)10-5-6-13(19-8-10)20-15-11(17)3-2-4-12(15)18/h2-8H,1H3,(H,19,20)(H,21,22,23). The zero-order valence-electron chi connectivity index (χ0n) is 12.5. The lowest BCUT2D eigenvalue weighted by molar-refractivity contribution is 0.102. The number of aromatic nitrogens is 2. The second-order valence-electron chi connectivity index (χ2n) is 4.93. The summed E-state index contributed by atoms with van der Waals surface area (Å²) < 4.78 is 4.89. The van der Waals surface area contributed by atoms with Gasteiger partial charge in [-0.25, -0.2) is 4.98 Å². The van der Waals surface area contributed by atoms with E-state index < -0.39 is 0 Å². The number of carbonyl (C=O) groups is 1. The van der Waals surface area contributed by atoms with Gasteiger partial charge in [0.1, 0.15) is 11.6 Å². The van der Waals surface area contributed by atoms with Crippen molar-refractivity contribution < 1.29 is 9.32 Å². The molecule has 3 rings (SSSR count). The van der Waals surface area contributed by atoms with Gasteiger partial charge in [-0.1, -0.05) is 34.4 Å². The molecule has 0 fully saturated rings. The van der Waals surface area contributed by atoms with Crippen LogP contribution in [0.5, 0.6) is 0 Å². The van der Waals surface area contributed by atoms with Crippen LogP contribution in [0.15, 0.2) is 47.1 Å². The van der Waals surface area contributed by atoms with Gasteiger partial charge in [0.2, 0.25) is 0 Å². The Kier molecular flexibility index (Phi) is 4.69. The second kappa shape index (κ2) is 6.90. The number of carbonyl (C=O) groups excluding carboxylic acids is 1. The molecule has 2 heterocycles. The van der Waals surface area contributed by atoms with Gasteiger partial charge in [0, 0.05) is 12.3 Å². The number of halogens is 2. The average molecular weight is 363 g/mol. The Morgan fingerprint density at radius 2 is 1.88 bits per heavy atom. The molecule has 8 heteroatoms. The van der Waals surface area contributed by atoms with Crippen LogP contribution in [0.3, 0.4) is 0 Å². The molecular formula is C16H12Cl2N4O2. The molecule has 0 radical (unpaired) electrons. The maximum absolute atomic E-state index is 12.1. The van der Waals surface area contributed by atoms with Crippen LogP contribution in [0, 0.1) is 6.92 Å². The van der Waals surface area contributed by atoms with E-state index >= 15 is 0 Å². The van der Waals surface area contributed by atoms with Crippen molar-refractivity contribution in [3.05, 3.63) is 64.0 Å². The van der Waals surface area contributed by atoms with Gasteiger partial charge in [-0.2, -0.15) is 0 Å². The first-order valence-electron chi connectivity index (χ1n) is 6.94. The number of anilines is 3. The summed E-state index contributed by atoms with van der Waals surface area (Å²) >= 11 is 12.2. The van der Waals surface area contributed by atoms with Gasteiger partial charge in [0.15, 0.2) is 5.82 Å². The molecule has 24 heavy (non-hydrogen) atoms. The van der Waals surface area contributed by atoms with E-state index in [4.69, 9.17) is 27.7 Å². The smallest absolute Gasteiger partial charge is 0.258 e. The van der Waals surface area contributed by atoms with E-state index in [0.29, 0.717) is 38.7 Å². The van der Waals surface area contributed by atoms with Crippen LogP contribution >= 0.6 is 23.2 Å². The lowest BCUT2D eigenvalue weighted by atomic mass is 10.2. The number of rotatable bonds is 4. The molecule has 0 saturated heterocycles. The summed E-state index contributed by atoms with van der Waals surface area (Å²) in [4.78, 5) is 16.3. The Hall–Kier alpha value is -2.57. The fourth-order valence-corrected chi connectivity index (χ4v) is 2.45. The van der Waals surface area contributed by atoms with Gasteiger partial charge >= 0.3 is 0 Å². The van der Waals surface area contributed by atoms with Crippen molar-refractivity contribution in [2.45, 2.75) is 6.92 Å². The highest BCUT2D eigenvalue weighted by molar-refractivity contribution is 6.39. The van der Waals surface area contributed by atoms with E-state index in [1.54, 1.807) is 43.3 Å². The third-order valence-electron chi connectivity index (χ3n) is 3.11. The molecule has 122 valence electrons. The molecule has 0 saturated carbocycles. The maximum Gasteiger partial charge on any atom is 0.258 e. The monoisotopic (exact) mass is 362 g/mol. The van der Waals surface area contributed by atoms with E-state index in [0.717, 1.165) is 0 Å². The Morgan fingerprint density at radius 1 is 1.12 bits per heavy atom. The van der Waals surface area contributed by atoms with Crippen molar-refractivity contribution in [2.24, 2.45) is 0 Å². The van der Waals surface area contributed by atoms with Crippen LogP contribution in [0.25, 0.3) is 0 Å². The topological polar surface area (TPSA) is 80.0 Å². The van der Waals surface area contributed by atoms with Gasteiger partial charge in [0.25, 0.3) is 5.91 Å². The Morgan fingerprint density at radius 3 is 2.46 bits per heavy atom. The summed E-state index contributed by atoms with van der Waals surface area (Å²) in [5.41, 5.74) is 0.940. The molecule has 0 aliphatic heterocycles. The Balaban J connectivity index is 1.72. The number of hydrogen-bond acceptors (Lipinski definition) is 5. The molecule has 0 aliphatic carbocycles. The Labute approximate surface area is 147 Å². The SMILES string of the molecule is Cc1cc(NC(=O)c2ccc(Nc3c(Cl)cccc3Cl)nc2)no1. The normalized spacial score (nSPS) is 10.5. The highest BCUT2D eigenvalue weighted by Gasteiger charge is 2.11. The lowest BCUT2D eigenvalue weighted by Crippen LogP contribution is -2.12. The van der Waals surface area contributed by atoms with Gasteiger partial charge in [-0.3, -0.25) is 4.79 Å². The summed E-state index contributed by atoms with van der Waals surface area (Å²) in [6.07, 6.45) is 1.44. The first kappa shape index (κ1) is 16.3. The van der Waals surface area contributed by atoms with Gasteiger partial charge in [-0.05, 0) is 31.2 Å². The molecule has 2 aromatic heterocycles. The summed E-state index contributed by atoms with van der Waals surface area (Å²) in [5, 5.41) is 10.3. The first-order chi connectivity index (χ1) is 11.5. The van der Waals surface area contributed by atoms with Gasteiger partial charge < -0.3 is 15.2 Å². The van der Waals surface area contributed by atoms with E-state index in [2.05, 4.69) is 20.8 Å². The van der Waals surface area contributed by atoms with Crippen LogP contribution in [0.2, 0.25) is 10.0 Å². The average Bonchev–Trinajstić information content (AvgIpc) is 2.96. The predicted octanol–water partition coefficient (Wildman–Crippen LogP) is 4.68. The molecule has 1 aromatic carbocycles. The second-order valence-corrected chi connectivity index (χ2v) is 5.75. The van der Waals surface area contributed by atoms with Crippen molar-refractivity contribution in [2.75, 3.05) is 10.6 Å². The van der Waals surface area contributed by atoms with Crippen LogP contribution in [-0.4, -0.2) is 16.0 Å². The van der Waals surface area contributed by atoms with Crippen LogP contribution in [0.1, 0.15) is 16.1 Å². The lowest BCUT2D eigenvalue weighted by Gasteiger charge is -2.09. The molecule has 2 N–H and O–H groups in total. The number of nitrogens with zero attached hydrogens (tertiary/aromatic N) is 2. The first-order valence-corrected chi connectivity index (χ1v) is 7.70. The number of pyridine rings is 1. The molecule has 1 amide bonds. The number of benzene rings is 1. The quantitative estimate of drug-likeness (QED) is 0.704. The number of nitrogens with one attached hydrogen (secondary N) is 2. The molecule has 0 bridgehead atoms. The van der Waals surface area contributed by atoms with E-state index in [1.165, 1.54) is 6.20 Å². The summed E-state index contributed by atoms with van der Waals surface area (Å²) in [6, 6.07) is 10.1. The molecule has 0 unspecified atom stereocenters. The van der Waals surface area contributed by atoms with E-state index in [9.17, 15) is 4.79 Å². The fraction of sp³-hybridized carbons (Fsp3) is 0.0625. The molecule has 0 aliphatic rings. The number of hydrogen-bond donors (Lipinski definition) is 2. The third kappa shape index (κ3) is 3.67. The minimum atomic E-state index is -0.335. The van der Waals surface area contributed by atoms with Crippen LogP contribution in [-0.2, 0) is 0 Å². The minimum Gasteiger partial charge on any atom is -0.360 e. The Bertz CT molecular complexity index is 858. The summed E-state index contributed by atoms with van der Waals surface area (Å²) in [7, 11) is 0. The van der Waals surface area contributed by atoms with Crippen molar-refractivity contribution >= 4 is 46.4 Å².